The Kier molecular flexibility index (Phi) is 5.97. The number of carbonyl (C=O) groups excluding carboxylic acids is 2. The van der Waals surface area contributed by atoms with Crippen LogP contribution in [-0.2, 0) is 9.59 Å². The fourth-order valence-corrected chi connectivity index (χ4v) is 2.14. The number of nitrogens with two attached hydrogens (primary N) is 1. The van der Waals surface area contributed by atoms with Crippen molar-refractivity contribution in [3.8, 4) is 0 Å². The third-order valence-electron chi connectivity index (χ3n) is 3.18. The molecule has 5 heteroatoms. The molecular formula is C12H23N3O2. The number of hydrogen-bond donors (Lipinski definition) is 3. The Balaban J connectivity index is 2.14. The van der Waals surface area contributed by atoms with Crippen LogP contribution >= 0.6 is 0 Å². The Morgan fingerprint density at radius 3 is 2.59 bits per heavy atom. The van der Waals surface area contributed by atoms with E-state index in [0.29, 0.717) is 13.0 Å². The maximum absolute atomic E-state index is 11.6. The molecule has 0 heterocycles. The number of carbonyl (C=O) groups is 2. The highest BCUT2D eigenvalue weighted by molar-refractivity contribution is 5.84. The SMILES string of the molecule is CCCNC(=O)CNC(=O)C[C@@H]1CCC[C@H]1N. The number of rotatable bonds is 6. The van der Waals surface area contributed by atoms with Crippen molar-refractivity contribution in [2.45, 2.75) is 45.1 Å². The zero-order valence-electron chi connectivity index (χ0n) is 10.5. The van der Waals surface area contributed by atoms with Crippen LogP contribution < -0.4 is 16.4 Å². The first kappa shape index (κ1) is 14.0. The maximum atomic E-state index is 11.6. The van der Waals surface area contributed by atoms with Crippen LogP contribution in [0.25, 0.3) is 0 Å². The van der Waals surface area contributed by atoms with Crippen molar-refractivity contribution in [1.29, 1.82) is 0 Å². The minimum absolute atomic E-state index is 0.0702. The van der Waals surface area contributed by atoms with Crippen molar-refractivity contribution in [2.24, 2.45) is 11.7 Å². The van der Waals surface area contributed by atoms with Gasteiger partial charge in [-0.25, -0.2) is 0 Å². The van der Waals surface area contributed by atoms with Gasteiger partial charge in [0.1, 0.15) is 0 Å². The van der Waals surface area contributed by atoms with Gasteiger partial charge in [-0.3, -0.25) is 9.59 Å². The Bertz CT molecular complexity index is 268. The summed E-state index contributed by atoms with van der Waals surface area (Å²) in [5.41, 5.74) is 5.89. The Morgan fingerprint density at radius 1 is 1.24 bits per heavy atom. The van der Waals surface area contributed by atoms with E-state index in [1.165, 1.54) is 0 Å². The van der Waals surface area contributed by atoms with Gasteiger partial charge in [0, 0.05) is 19.0 Å². The molecule has 17 heavy (non-hydrogen) atoms. The third kappa shape index (κ3) is 5.17. The van der Waals surface area contributed by atoms with Crippen molar-refractivity contribution in [2.75, 3.05) is 13.1 Å². The van der Waals surface area contributed by atoms with Crippen molar-refractivity contribution in [1.82, 2.24) is 10.6 Å². The molecule has 0 bridgehead atoms. The summed E-state index contributed by atoms with van der Waals surface area (Å²) in [4.78, 5) is 22.8. The van der Waals surface area contributed by atoms with E-state index >= 15 is 0 Å². The highest BCUT2D eigenvalue weighted by Gasteiger charge is 2.25. The molecule has 2 atom stereocenters. The van der Waals surface area contributed by atoms with E-state index in [2.05, 4.69) is 10.6 Å². The minimum atomic E-state index is -0.129. The quantitative estimate of drug-likeness (QED) is 0.618. The molecule has 1 saturated carbocycles. The van der Waals surface area contributed by atoms with Gasteiger partial charge in [-0.2, -0.15) is 0 Å². The van der Waals surface area contributed by atoms with Crippen LogP contribution in [0.5, 0.6) is 0 Å². The first-order valence-electron chi connectivity index (χ1n) is 6.42. The molecule has 1 rings (SSSR count). The van der Waals surface area contributed by atoms with Crippen molar-refractivity contribution in [3.63, 3.8) is 0 Å². The van der Waals surface area contributed by atoms with E-state index < -0.39 is 0 Å². The zero-order valence-corrected chi connectivity index (χ0v) is 10.5. The third-order valence-corrected chi connectivity index (χ3v) is 3.18. The molecule has 0 saturated heterocycles. The second-order valence-electron chi connectivity index (χ2n) is 4.69. The topological polar surface area (TPSA) is 84.2 Å². The fraction of sp³-hybridized carbons (Fsp3) is 0.833. The average Bonchev–Trinajstić information content (AvgIpc) is 2.69. The fourth-order valence-electron chi connectivity index (χ4n) is 2.14. The lowest BCUT2D eigenvalue weighted by molar-refractivity contribution is -0.126. The van der Waals surface area contributed by atoms with Gasteiger partial charge in [-0.15, -0.1) is 0 Å². The van der Waals surface area contributed by atoms with Crippen LogP contribution in [0.2, 0.25) is 0 Å². The summed E-state index contributed by atoms with van der Waals surface area (Å²) in [5.74, 6) is 0.0867. The van der Waals surface area contributed by atoms with Crippen molar-refractivity contribution in [3.05, 3.63) is 0 Å². The van der Waals surface area contributed by atoms with Crippen LogP contribution in [0.1, 0.15) is 39.0 Å². The molecule has 4 N–H and O–H groups in total. The molecule has 0 unspecified atom stereocenters. The molecule has 0 spiro atoms. The van der Waals surface area contributed by atoms with Crippen molar-refractivity contribution >= 4 is 11.8 Å². The van der Waals surface area contributed by atoms with Gasteiger partial charge in [0.2, 0.25) is 11.8 Å². The second-order valence-corrected chi connectivity index (χ2v) is 4.69. The molecule has 0 aliphatic heterocycles. The highest BCUT2D eigenvalue weighted by atomic mass is 16.2. The summed E-state index contributed by atoms with van der Waals surface area (Å²) in [5, 5.41) is 5.34. The number of amides is 2. The summed E-state index contributed by atoms with van der Waals surface area (Å²) in [6, 6.07) is 0.148. The van der Waals surface area contributed by atoms with E-state index in [-0.39, 0.29) is 30.3 Å². The predicted octanol–water partition coefficient (Wildman–Crippen LogP) is 0.146. The van der Waals surface area contributed by atoms with Gasteiger partial charge in [-0.1, -0.05) is 13.3 Å². The smallest absolute Gasteiger partial charge is 0.239 e. The molecule has 1 aliphatic rings. The molecule has 1 aliphatic carbocycles. The van der Waals surface area contributed by atoms with Crippen molar-refractivity contribution < 1.29 is 9.59 Å². The van der Waals surface area contributed by atoms with Gasteiger partial charge in [0.25, 0.3) is 0 Å². The molecule has 0 aromatic rings. The molecule has 0 radical (unpaired) electrons. The van der Waals surface area contributed by atoms with Crippen LogP contribution in [0.15, 0.2) is 0 Å². The molecule has 98 valence electrons. The zero-order chi connectivity index (χ0) is 12.7. The van der Waals surface area contributed by atoms with Gasteiger partial charge in [-0.05, 0) is 25.2 Å². The lowest BCUT2D eigenvalue weighted by Crippen LogP contribution is -2.38. The van der Waals surface area contributed by atoms with E-state index in [9.17, 15) is 9.59 Å². The Hall–Kier alpha value is -1.10. The molecular weight excluding hydrogens is 218 g/mol. The molecule has 1 fully saturated rings. The lowest BCUT2D eigenvalue weighted by atomic mass is 10.00. The van der Waals surface area contributed by atoms with Gasteiger partial charge < -0.3 is 16.4 Å². The van der Waals surface area contributed by atoms with Gasteiger partial charge in [0.05, 0.1) is 6.54 Å². The number of nitrogens with one attached hydrogen (secondary N) is 2. The molecule has 0 aromatic heterocycles. The largest absolute Gasteiger partial charge is 0.355 e. The summed E-state index contributed by atoms with van der Waals surface area (Å²) in [6.45, 7) is 2.71. The lowest BCUT2D eigenvalue weighted by Gasteiger charge is -2.14. The van der Waals surface area contributed by atoms with E-state index in [0.717, 1.165) is 25.7 Å². The molecule has 2 amide bonds. The highest BCUT2D eigenvalue weighted by Crippen LogP contribution is 2.26. The summed E-state index contributed by atoms with van der Waals surface area (Å²) in [7, 11) is 0. The summed E-state index contributed by atoms with van der Waals surface area (Å²) in [6.07, 6.45) is 4.49. The minimum Gasteiger partial charge on any atom is -0.355 e. The van der Waals surface area contributed by atoms with Gasteiger partial charge >= 0.3 is 0 Å². The first-order valence-corrected chi connectivity index (χ1v) is 6.42. The predicted molar refractivity (Wildman–Crippen MR) is 66.2 cm³/mol. The van der Waals surface area contributed by atoms with E-state index in [4.69, 9.17) is 5.73 Å². The first-order chi connectivity index (χ1) is 8.13. The molecule has 5 nitrogen and oxygen atoms in total. The average molecular weight is 241 g/mol. The van der Waals surface area contributed by atoms with Crippen LogP contribution in [0, 0.1) is 5.92 Å². The molecule has 0 aromatic carbocycles. The normalized spacial score (nSPS) is 23.4. The Labute approximate surface area is 103 Å². The van der Waals surface area contributed by atoms with E-state index in [1.807, 2.05) is 6.92 Å². The van der Waals surface area contributed by atoms with E-state index in [1.54, 1.807) is 0 Å². The van der Waals surface area contributed by atoms with Gasteiger partial charge in [0.15, 0.2) is 0 Å². The second kappa shape index (κ2) is 7.27. The summed E-state index contributed by atoms with van der Waals surface area (Å²) >= 11 is 0. The van der Waals surface area contributed by atoms with Crippen LogP contribution in [0.4, 0.5) is 0 Å². The Morgan fingerprint density at radius 2 is 2.00 bits per heavy atom. The monoisotopic (exact) mass is 241 g/mol. The van der Waals surface area contributed by atoms with Crippen LogP contribution in [-0.4, -0.2) is 30.9 Å². The number of hydrogen-bond acceptors (Lipinski definition) is 3. The standard InChI is InChI=1S/C12H23N3O2/c1-2-6-14-12(17)8-15-11(16)7-9-4-3-5-10(9)13/h9-10H,2-8,13H2,1H3,(H,14,17)(H,15,16)/t9-,10+/m0/s1. The summed E-state index contributed by atoms with van der Waals surface area (Å²) < 4.78 is 0. The van der Waals surface area contributed by atoms with Crippen LogP contribution in [0.3, 0.4) is 0 Å². The maximum Gasteiger partial charge on any atom is 0.239 e.